The van der Waals surface area contributed by atoms with Gasteiger partial charge >= 0.3 is 0 Å². The monoisotopic (exact) mass is 616 g/mol. The van der Waals surface area contributed by atoms with Gasteiger partial charge < -0.3 is 0 Å². The molecular formula is C46H36N2. The molecule has 6 aromatic rings. The summed E-state index contributed by atoms with van der Waals surface area (Å²) >= 11 is 0. The number of rotatable bonds is 4. The summed E-state index contributed by atoms with van der Waals surface area (Å²) in [5, 5.41) is 10.4. The lowest BCUT2D eigenvalue weighted by Gasteiger charge is -2.61. The number of nitriles is 1. The standard InChI is InChI=1S/C46H36N2/c47-28-36-15-8-16-41-40-18-17-35(25-42(40)46(45(36)41)38-20-29-19-30(22-38)23-39(46)21-29)33-13-7-14-34(24-33)37-26-43(31-9-3-1-4-10-31)48-44(27-37)32-11-5-2-6-12-32/h1-18,24-27,29-30,38-39H,19-23H2. The van der Waals surface area contributed by atoms with E-state index < -0.39 is 0 Å². The molecule has 48 heavy (non-hydrogen) atoms. The van der Waals surface area contributed by atoms with Crippen LogP contribution in [0.15, 0.2) is 133 Å². The molecule has 0 aliphatic heterocycles. The van der Waals surface area contributed by atoms with Crippen LogP contribution in [0.5, 0.6) is 0 Å². The summed E-state index contributed by atoms with van der Waals surface area (Å²) in [5.74, 6) is 2.97. The third-order valence-corrected chi connectivity index (χ3v) is 12.3. The normalized spacial score (nSPS) is 24.3. The Labute approximate surface area is 282 Å². The lowest BCUT2D eigenvalue weighted by Crippen LogP contribution is -2.55. The molecule has 5 aliphatic rings. The molecule has 0 radical (unpaired) electrons. The Morgan fingerprint density at radius 1 is 0.500 bits per heavy atom. The number of aromatic nitrogens is 1. The Kier molecular flexibility index (Phi) is 6.16. The summed E-state index contributed by atoms with van der Waals surface area (Å²) in [7, 11) is 0. The number of hydrogen-bond acceptors (Lipinski definition) is 2. The van der Waals surface area contributed by atoms with Crippen molar-refractivity contribution in [2.75, 3.05) is 0 Å². The fourth-order valence-electron chi connectivity index (χ4n) is 10.6. The minimum Gasteiger partial charge on any atom is -0.248 e. The van der Waals surface area contributed by atoms with Crippen LogP contribution in [-0.4, -0.2) is 4.98 Å². The molecule has 1 heterocycles. The summed E-state index contributed by atoms with van der Waals surface area (Å²) < 4.78 is 0. The van der Waals surface area contributed by atoms with Crippen molar-refractivity contribution >= 4 is 0 Å². The van der Waals surface area contributed by atoms with Crippen LogP contribution in [0.3, 0.4) is 0 Å². The molecule has 2 heteroatoms. The van der Waals surface area contributed by atoms with Gasteiger partial charge in [0.1, 0.15) is 0 Å². The molecule has 11 rings (SSSR count). The van der Waals surface area contributed by atoms with Crippen molar-refractivity contribution in [2.24, 2.45) is 23.7 Å². The zero-order valence-corrected chi connectivity index (χ0v) is 26.9. The molecule has 0 unspecified atom stereocenters. The molecule has 0 saturated heterocycles. The first kappa shape index (κ1) is 27.8. The maximum absolute atomic E-state index is 10.4. The van der Waals surface area contributed by atoms with E-state index in [9.17, 15) is 5.26 Å². The van der Waals surface area contributed by atoms with Gasteiger partial charge in [0.2, 0.25) is 0 Å². The van der Waals surface area contributed by atoms with E-state index in [0.29, 0.717) is 11.8 Å². The van der Waals surface area contributed by atoms with Crippen LogP contribution in [0, 0.1) is 35.0 Å². The van der Waals surface area contributed by atoms with E-state index in [-0.39, 0.29) is 5.41 Å². The van der Waals surface area contributed by atoms with E-state index in [0.717, 1.165) is 45.5 Å². The maximum atomic E-state index is 10.4. The molecule has 0 amide bonds. The Balaban J connectivity index is 1.12. The molecule has 5 aromatic carbocycles. The second-order valence-electron chi connectivity index (χ2n) is 14.7. The molecule has 4 bridgehead atoms. The Morgan fingerprint density at radius 2 is 1.06 bits per heavy atom. The van der Waals surface area contributed by atoms with Crippen LogP contribution in [0.4, 0.5) is 0 Å². The van der Waals surface area contributed by atoms with Crippen molar-refractivity contribution in [3.63, 3.8) is 0 Å². The topological polar surface area (TPSA) is 36.7 Å². The first-order valence-electron chi connectivity index (χ1n) is 17.6. The van der Waals surface area contributed by atoms with Gasteiger partial charge in [-0.15, -0.1) is 0 Å². The van der Waals surface area contributed by atoms with E-state index in [4.69, 9.17) is 4.98 Å². The Morgan fingerprint density at radius 3 is 1.69 bits per heavy atom. The summed E-state index contributed by atoms with van der Waals surface area (Å²) in [6.45, 7) is 0. The summed E-state index contributed by atoms with van der Waals surface area (Å²) in [5.41, 5.74) is 15.3. The predicted octanol–water partition coefficient (Wildman–Crippen LogP) is 11.3. The van der Waals surface area contributed by atoms with E-state index in [1.54, 1.807) is 0 Å². The average Bonchev–Trinajstić information content (AvgIpc) is 3.44. The van der Waals surface area contributed by atoms with E-state index in [2.05, 4.69) is 140 Å². The van der Waals surface area contributed by atoms with Gasteiger partial charge in [-0.3, -0.25) is 0 Å². The fourth-order valence-corrected chi connectivity index (χ4v) is 10.6. The second-order valence-corrected chi connectivity index (χ2v) is 14.7. The van der Waals surface area contributed by atoms with Crippen molar-refractivity contribution in [1.82, 2.24) is 4.98 Å². The van der Waals surface area contributed by atoms with Crippen LogP contribution >= 0.6 is 0 Å². The molecule has 4 saturated carbocycles. The van der Waals surface area contributed by atoms with Gasteiger partial charge in [-0.05, 0) is 131 Å². The first-order chi connectivity index (χ1) is 23.7. The Bertz CT molecular complexity index is 2170. The third kappa shape index (κ3) is 4.07. The smallest absolute Gasteiger partial charge is 0.0995 e. The molecule has 1 aromatic heterocycles. The highest BCUT2D eigenvalue weighted by atomic mass is 14.7. The van der Waals surface area contributed by atoms with Crippen molar-refractivity contribution in [3.8, 4) is 62.0 Å². The van der Waals surface area contributed by atoms with Crippen LogP contribution in [0.25, 0.3) is 55.9 Å². The molecule has 4 fully saturated rings. The molecule has 0 atom stereocenters. The van der Waals surface area contributed by atoms with Crippen LogP contribution in [-0.2, 0) is 5.41 Å². The average molecular weight is 617 g/mol. The minimum absolute atomic E-state index is 0.0434. The maximum Gasteiger partial charge on any atom is 0.0995 e. The lowest BCUT2D eigenvalue weighted by atomic mass is 9.43. The highest BCUT2D eigenvalue weighted by Crippen LogP contribution is 2.70. The number of benzene rings is 5. The van der Waals surface area contributed by atoms with Crippen molar-refractivity contribution in [1.29, 1.82) is 5.26 Å². The van der Waals surface area contributed by atoms with Crippen LogP contribution < -0.4 is 0 Å². The zero-order valence-electron chi connectivity index (χ0n) is 26.9. The SMILES string of the molecule is N#Cc1cccc2c1C1(c3cc(-c4cccc(-c5cc(-c6ccccc6)nc(-c6ccccc6)c5)c4)ccc3-2)C2CC3CC(C2)CC1C3. The molecular weight excluding hydrogens is 581 g/mol. The molecule has 1 spiro atoms. The highest BCUT2D eigenvalue weighted by molar-refractivity contribution is 5.87. The number of nitrogens with zero attached hydrogens (tertiary/aromatic N) is 2. The van der Waals surface area contributed by atoms with Gasteiger partial charge in [-0.1, -0.05) is 103 Å². The van der Waals surface area contributed by atoms with E-state index in [1.807, 2.05) is 0 Å². The quantitative estimate of drug-likeness (QED) is 0.198. The van der Waals surface area contributed by atoms with Crippen LogP contribution in [0.1, 0.15) is 48.8 Å². The molecule has 230 valence electrons. The zero-order chi connectivity index (χ0) is 31.8. The van der Waals surface area contributed by atoms with Crippen LogP contribution in [0.2, 0.25) is 0 Å². The van der Waals surface area contributed by atoms with Gasteiger partial charge in [-0.25, -0.2) is 4.98 Å². The molecule has 5 aliphatic carbocycles. The van der Waals surface area contributed by atoms with E-state index in [1.165, 1.54) is 71.0 Å². The number of fused-ring (bicyclic) bond motifs is 3. The van der Waals surface area contributed by atoms with Gasteiger partial charge in [0.05, 0.1) is 23.0 Å². The third-order valence-electron chi connectivity index (χ3n) is 12.3. The van der Waals surface area contributed by atoms with Gasteiger partial charge in [0, 0.05) is 16.5 Å². The van der Waals surface area contributed by atoms with Gasteiger partial charge in [-0.2, -0.15) is 5.26 Å². The summed E-state index contributed by atoms with van der Waals surface area (Å²) in [4.78, 5) is 5.11. The fraction of sp³-hybridized carbons (Fsp3) is 0.217. The van der Waals surface area contributed by atoms with Gasteiger partial charge in [0.25, 0.3) is 0 Å². The molecule has 2 nitrogen and oxygen atoms in total. The summed E-state index contributed by atoms with van der Waals surface area (Å²) in [6.07, 6.45) is 6.64. The van der Waals surface area contributed by atoms with Gasteiger partial charge in [0.15, 0.2) is 0 Å². The van der Waals surface area contributed by atoms with Crippen molar-refractivity contribution in [3.05, 3.63) is 150 Å². The number of pyridine rings is 1. The van der Waals surface area contributed by atoms with Crippen molar-refractivity contribution < 1.29 is 0 Å². The summed E-state index contributed by atoms with van der Waals surface area (Å²) in [6, 6.07) is 50.8. The largest absolute Gasteiger partial charge is 0.248 e. The van der Waals surface area contributed by atoms with Crippen molar-refractivity contribution in [2.45, 2.75) is 37.5 Å². The highest BCUT2D eigenvalue weighted by Gasteiger charge is 2.62. The lowest BCUT2D eigenvalue weighted by molar-refractivity contribution is -0.0400. The predicted molar refractivity (Wildman–Crippen MR) is 194 cm³/mol. The Hall–Kier alpha value is -5.26. The minimum atomic E-state index is -0.0434. The van der Waals surface area contributed by atoms with E-state index >= 15 is 0 Å². The molecule has 0 N–H and O–H groups in total. The first-order valence-corrected chi connectivity index (χ1v) is 17.6. The number of hydrogen-bond donors (Lipinski definition) is 0. The second kappa shape index (κ2) is 10.6.